The summed E-state index contributed by atoms with van der Waals surface area (Å²) < 4.78 is 36.1. The van der Waals surface area contributed by atoms with Crippen molar-refractivity contribution in [2.75, 3.05) is 19.6 Å². The highest BCUT2D eigenvalue weighted by atomic mass is 19.1. The number of aliphatic hydroxyl groups is 1. The summed E-state index contributed by atoms with van der Waals surface area (Å²) in [5.74, 6) is 0. The monoisotopic (exact) mass is 162 g/mol. The van der Waals surface area contributed by atoms with Gasteiger partial charge in [0.25, 0.3) is 0 Å². The highest BCUT2D eigenvalue weighted by Gasteiger charge is 2.47. The highest BCUT2D eigenvalue weighted by Crippen LogP contribution is 2.39. The van der Waals surface area contributed by atoms with Gasteiger partial charge in [0, 0.05) is 21.2 Å². The smallest absolute Gasteiger partial charge is 0.115 e. The Balaban J connectivity index is 2.31. The average molecular weight is 162 g/mol. The molecule has 2 aliphatic rings. The van der Waals surface area contributed by atoms with Crippen LogP contribution in [0.4, 0.5) is 4.39 Å². The SMILES string of the molecule is [2H]C1([2H])CC[C@]2(CO)C[C@]([2H])(F)CN12. The summed E-state index contributed by atoms with van der Waals surface area (Å²) in [5.41, 5.74) is -0.833. The van der Waals surface area contributed by atoms with Crippen LogP contribution in [-0.2, 0) is 0 Å². The van der Waals surface area contributed by atoms with Crippen LogP contribution in [0.1, 0.15) is 23.4 Å². The van der Waals surface area contributed by atoms with Gasteiger partial charge < -0.3 is 5.11 Å². The van der Waals surface area contributed by atoms with Crippen molar-refractivity contribution in [1.29, 1.82) is 0 Å². The summed E-state index contributed by atoms with van der Waals surface area (Å²) >= 11 is 0. The molecule has 0 aromatic carbocycles. The minimum absolute atomic E-state index is 0.0873. The first-order chi connectivity index (χ1) is 6.31. The van der Waals surface area contributed by atoms with Gasteiger partial charge in [-0.05, 0) is 19.3 Å². The molecule has 64 valence electrons. The van der Waals surface area contributed by atoms with Gasteiger partial charge in [-0.3, -0.25) is 4.90 Å². The highest BCUT2D eigenvalue weighted by molar-refractivity contribution is 5.03. The Morgan fingerprint density at radius 3 is 3.36 bits per heavy atom. The van der Waals surface area contributed by atoms with Crippen molar-refractivity contribution in [2.24, 2.45) is 0 Å². The number of rotatable bonds is 1. The fraction of sp³-hybridized carbons (Fsp3) is 1.00. The molecule has 0 aromatic rings. The molecule has 0 spiro atoms. The first kappa shape index (κ1) is 4.77. The van der Waals surface area contributed by atoms with E-state index in [1.165, 1.54) is 4.90 Å². The largest absolute Gasteiger partial charge is 0.394 e. The van der Waals surface area contributed by atoms with Gasteiger partial charge in [0.2, 0.25) is 0 Å². The van der Waals surface area contributed by atoms with E-state index in [0.29, 0.717) is 12.8 Å². The fourth-order valence-electron chi connectivity index (χ4n) is 1.94. The maximum absolute atomic E-state index is 13.5. The van der Waals surface area contributed by atoms with Crippen LogP contribution in [0.25, 0.3) is 0 Å². The van der Waals surface area contributed by atoms with Crippen LogP contribution < -0.4 is 0 Å². The molecule has 0 radical (unpaired) electrons. The number of nitrogens with zero attached hydrogens (tertiary/aromatic N) is 1. The molecule has 2 nitrogen and oxygen atoms in total. The van der Waals surface area contributed by atoms with Crippen LogP contribution in [0, 0.1) is 0 Å². The lowest BCUT2D eigenvalue weighted by Crippen LogP contribution is -2.41. The van der Waals surface area contributed by atoms with Crippen LogP contribution in [0.3, 0.4) is 0 Å². The van der Waals surface area contributed by atoms with E-state index in [4.69, 9.17) is 4.11 Å². The Hall–Kier alpha value is -0.150. The Bertz CT molecular complexity index is 261. The van der Waals surface area contributed by atoms with Crippen LogP contribution in [0.15, 0.2) is 0 Å². The van der Waals surface area contributed by atoms with Crippen molar-refractivity contribution >= 4 is 0 Å². The molecule has 0 saturated carbocycles. The summed E-state index contributed by atoms with van der Waals surface area (Å²) in [7, 11) is 0. The van der Waals surface area contributed by atoms with E-state index in [0.717, 1.165) is 0 Å². The molecule has 2 atom stereocenters. The normalized spacial score (nSPS) is 60.0. The minimum Gasteiger partial charge on any atom is -0.394 e. The number of hydrogen-bond acceptors (Lipinski definition) is 2. The molecule has 0 unspecified atom stereocenters. The second-order valence-corrected chi connectivity index (χ2v) is 3.32. The van der Waals surface area contributed by atoms with Gasteiger partial charge in [0.15, 0.2) is 0 Å². The molecule has 1 N–H and O–H groups in total. The van der Waals surface area contributed by atoms with Crippen molar-refractivity contribution in [1.82, 2.24) is 4.90 Å². The predicted octanol–water partition coefficient (Wildman–Crippen LogP) is 0.555. The molecule has 11 heavy (non-hydrogen) atoms. The Labute approximate surface area is 70.2 Å². The van der Waals surface area contributed by atoms with E-state index in [1.54, 1.807) is 0 Å². The Morgan fingerprint density at radius 2 is 2.73 bits per heavy atom. The van der Waals surface area contributed by atoms with Gasteiger partial charge >= 0.3 is 0 Å². The molecule has 2 aliphatic heterocycles. The molecular weight excluding hydrogens is 145 g/mol. The lowest BCUT2D eigenvalue weighted by molar-refractivity contribution is 0.0996. The average Bonchev–Trinajstić information content (AvgIpc) is 2.46. The molecular formula is C8H14FNO. The van der Waals surface area contributed by atoms with Crippen LogP contribution in [0.2, 0.25) is 0 Å². The Kier molecular flexibility index (Phi) is 1.05. The lowest BCUT2D eigenvalue weighted by atomic mass is 9.95. The summed E-state index contributed by atoms with van der Waals surface area (Å²) in [5, 5.41) is 9.23. The van der Waals surface area contributed by atoms with E-state index in [9.17, 15) is 9.50 Å². The summed E-state index contributed by atoms with van der Waals surface area (Å²) in [6, 6.07) is 0. The third kappa shape index (κ3) is 0.983. The van der Waals surface area contributed by atoms with Crippen molar-refractivity contribution < 1.29 is 13.6 Å². The van der Waals surface area contributed by atoms with E-state index < -0.39 is 18.2 Å². The number of alkyl halides is 1. The van der Waals surface area contributed by atoms with Crippen molar-refractivity contribution in [3.05, 3.63) is 0 Å². The van der Waals surface area contributed by atoms with Gasteiger partial charge in [-0.1, -0.05) is 0 Å². The number of halogens is 1. The fourth-order valence-corrected chi connectivity index (χ4v) is 1.94. The Morgan fingerprint density at radius 1 is 1.91 bits per heavy atom. The summed E-state index contributed by atoms with van der Waals surface area (Å²) in [4.78, 5) is 1.33. The quantitative estimate of drug-likeness (QED) is 0.609. The van der Waals surface area contributed by atoms with Crippen molar-refractivity contribution in [2.45, 2.75) is 30.9 Å². The van der Waals surface area contributed by atoms with Crippen LogP contribution in [0.5, 0.6) is 0 Å². The van der Waals surface area contributed by atoms with Crippen LogP contribution in [-0.4, -0.2) is 41.3 Å². The number of aliphatic hydroxyl groups excluding tert-OH is 1. The molecule has 0 aliphatic carbocycles. The standard InChI is InChI=1S/C8H14FNO/c9-7-4-8(6-11)2-1-3-10(8)5-7/h7,11H,1-6H2/t7-,8+/m0/s1/i3D2,7D. The lowest BCUT2D eigenvalue weighted by Gasteiger charge is -2.28. The predicted molar refractivity (Wildman–Crippen MR) is 40.1 cm³/mol. The van der Waals surface area contributed by atoms with Crippen LogP contribution >= 0.6 is 0 Å². The van der Waals surface area contributed by atoms with Crippen molar-refractivity contribution in [3.8, 4) is 0 Å². The number of hydrogen-bond donors (Lipinski definition) is 1. The van der Waals surface area contributed by atoms with E-state index in [1.807, 2.05) is 0 Å². The third-order valence-corrected chi connectivity index (χ3v) is 2.61. The molecule has 3 heteroatoms. The maximum atomic E-state index is 13.5. The third-order valence-electron chi connectivity index (χ3n) is 2.61. The number of fused-ring (bicyclic) bond motifs is 1. The molecule has 2 heterocycles. The zero-order valence-corrected chi connectivity index (χ0v) is 6.31. The zero-order valence-electron chi connectivity index (χ0n) is 9.31. The molecule has 2 saturated heterocycles. The first-order valence-corrected chi connectivity index (χ1v) is 3.89. The summed E-state index contributed by atoms with van der Waals surface area (Å²) in [6.45, 7) is -2.07. The topological polar surface area (TPSA) is 23.5 Å². The molecule has 2 rings (SSSR count). The van der Waals surface area contributed by atoms with E-state index >= 15 is 0 Å². The van der Waals surface area contributed by atoms with Crippen molar-refractivity contribution in [3.63, 3.8) is 0 Å². The minimum atomic E-state index is -2.11. The van der Waals surface area contributed by atoms with Gasteiger partial charge in [-0.15, -0.1) is 0 Å². The second kappa shape index (κ2) is 2.42. The maximum Gasteiger partial charge on any atom is 0.115 e. The molecule has 0 amide bonds. The van der Waals surface area contributed by atoms with Gasteiger partial charge in [-0.25, -0.2) is 4.39 Å². The van der Waals surface area contributed by atoms with Gasteiger partial charge in [0.05, 0.1) is 7.98 Å². The van der Waals surface area contributed by atoms with Gasteiger partial charge in [0.1, 0.15) is 6.15 Å². The van der Waals surface area contributed by atoms with E-state index in [-0.39, 0.29) is 19.6 Å². The molecule has 0 bridgehead atoms. The second-order valence-electron chi connectivity index (χ2n) is 3.32. The zero-order chi connectivity index (χ0) is 10.6. The molecule has 2 fully saturated rings. The molecule has 0 aromatic heterocycles. The van der Waals surface area contributed by atoms with E-state index in [2.05, 4.69) is 0 Å². The summed E-state index contributed by atoms with van der Waals surface area (Å²) in [6.07, 6.45) is -1.46. The van der Waals surface area contributed by atoms with Gasteiger partial charge in [-0.2, -0.15) is 0 Å². The first-order valence-electron chi connectivity index (χ1n) is 5.39.